The highest BCUT2D eigenvalue weighted by molar-refractivity contribution is 5.83. The molecule has 0 saturated heterocycles. The molecule has 2 N–H and O–H groups in total. The highest BCUT2D eigenvalue weighted by atomic mass is 14.9. The van der Waals surface area contributed by atoms with Gasteiger partial charge >= 0.3 is 0 Å². The van der Waals surface area contributed by atoms with E-state index in [-0.39, 0.29) is 0 Å². The monoisotopic (exact) mass is 212 g/mol. The van der Waals surface area contributed by atoms with Crippen molar-refractivity contribution in [1.82, 2.24) is 4.57 Å². The molecule has 0 bridgehead atoms. The lowest BCUT2D eigenvalue weighted by Crippen LogP contribution is -1.98. The summed E-state index contributed by atoms with van der Waals surface area (Å²) in [6, 6.07) is 8.40. The topological polar surface area (TPSA) is 30.9 Å². The van der Waals surface area contributed by atoms with Crippen molar-refractivity contribution < 1.29 is 0 Å². The number of fused-ring (bicyclic) bond motifs is 1. The van der Waals surface area contributed by atoms with Gasteiger partial charge < -0.3 is 10.3 Å². The lowest BCUT2D eigenvalue weighted by molar-refractivity contribution is 0.677. The lowest BCUT2D eigenvalue weighted by atomic mass is 10.1. The SMILES string of the molecule is C#CCCCn1ccc2c(CN)cccc21. The Hall–Kier alpha value is -1.72. The minimum Gasteiger partial charge on any atom is -0.347 e. The highest BCUT2D eigenvalue weighted by Gasteiger charge is 2.03. The number of hydrogen-bond donors (Lipinski definition) is 1. The standard InChI is InChI=1S/C14H16N2/c1-2-3-4-9-16-10-8-13-12(11-15)6-5-7-14(13)16/h1,5-8,10H,3-4,9,11,15H2. The summed E-state index contributed by atoms with van der Waals surface area (Å²) in [5, 5.41) is 1.26. The number of aromatic nitrogens is 1. The zero-order valence-electron chi connectivity index (χ0n) is 9.32. The molecule has 2 nitrogen and oxygen atoms in total. The fraction of sp³-hybridized carbons (Fsp3) is 0.286. The van der Waals surface area contributed by atoms with E-state index in [1.54, 1.807) is 0 Å². The van der Waals surface area contributed by atoms with Gasteiger partial charge in [0.05, 0.1) is 0 Å². The van der Waals surface area contributed by atoms with Crippen LogP contribution in [-0.2, 0) is 13.1 Å². The molecular weight excluding hydrogens is 196 g/mol. The molecule has 16 heavy (non-hydrogen) atoms. The second-order valence-corrected chi connectivity index (χ2v) is 3.87. The van der Waals surface area contributed by atoms with E-state index in [0.29, 0.717) is 6.54 Å². The van der Waals surface area contributed by atoms with Crippen LogP contribution in [0.15, 0.2) is 30.5 Å². The third kappa shape index (κ3) is 1.95. The molecule has 0 spiro atoms. The zero-order valence-corrected chi connectivity index (χ0v) is 9.32. The van der Waals surface area contributed by atoms with Crippen LogP contribution < -0.4 is 5.73 Å². The van der Waals surface area contributed by atoms with Gasteiger partial charge in [-0.05, 0) is 24.1 Å². The smallest absolute Gasteiger partial charge is 0.0483 e. The summed E-state index contributed by atoms with van der Waals surface area (Å²) in [4.78, 5) is 0. The molecule has 1 aromatic heterocycles. The molecule has 2 heteroatoms. The number of hydrogen-bond acceptors (Lipinski definition) is 1. The van der Waals surface area contributed by atoms with Gasteiger partial charge in [0.2, 0.25) is 0 Å². The van der Waals surface area contributed by atoms with E-state index in [9.17, 15) is 0 Å². The Bertz CT molecular complexity index is 517. The summed E-state index contributed by atoms with van der Waals surface area (Å²) in [7, 11) is 0. The van der Waals surface area contributed by atoms with Crippen molar-refractivity contribution in [3.05, 3.63) is 36.0 Å². The van der Waals surface area contributed by atoms with E-state index < -0.39 is 0 Å². The van der Waals surface area contributed by atoms with Crippen molar-refractivity contribution >= 4 is 10.9 Å². The second kappa shape index (κ2) is 4.87. The fourth-order valence-electron chi connectivity index (χ4n) is 2.01. The van der Waals surface area contributed by atoms with Gasteiger partial charge in [-0.2, -0.15) is 0 Å². The predicted molar refractivity (Wildman–Crippen MR) is 67.9 cm³/mol. The van der Waals surface area contributed by atoms with E-state index >= 15 is 0 Å². The second-order valence-electron chi connectivity index (χ2n) is 3.87. The molecule has 0 radical (unpaired) electrons. The highest BCUT2D eigenvalue weighted by Crippen LogP contribution is 2.20. The summed E-state index contributed by atoms with van der Waals surface area (Å²) in [6.07, 6.45) is 9.21. The molecule has 1 aromatic carbocycles. The predicted octanol–water partition coefficient (Wildman–Crippen LogP) is 2.51. The van der Waals surface area contributed by atoms with Crippen LogP contribution in [0.1, 0.15) is 18.4 Å². The van der Waals surface area contributed by atoms with Crippen molar-refractivity contribution in [2.75, 3.05) is 0 Å². The van der Waals surface area contributed by atoms with Crippen LogP contribution in [0.25, 0.3) is 10.9 Å². The van der Waals surface area contributed by atoms with Crippen molar-refractivity contribution in [2.24, 2.45) is 5.73 Å². The van der Waals surface area contributed by atoms with Crippen molar-refractivity contribution in [3.63, 3.8) is 0 Å². The Morgan fingerprint density at radius 2 is 2.19 bits per heavy atom. The molecule has 2 aromatic rings. The van der Waals surface area contributed by atoms with Gasteiger partial charge in [0.1, 0.15) is 0 Å². The summed E-state index contributed by atoms with van der Waals surface area (Å²) < 4.78 is 2.24. The van der Waals surface area contributed by atoms with E-state index in [2.05, 4.69) is 40.9 Å². The average Bonchev–Trinajstić information content (AvgIpc) is 2.73. The molecule has 1 heterocycles. The van der Waals surface area contributed by atoms with Crippen LogP contribution in [0.4, 0.5) is 0 Å². The van der Waals surface area contributed by atoms with Gasteiger partial charge in [0.25, 0.3) is 0 Å². The first-order valence-electron chi connectivity index (χ1n) is 5.57. The number of rotatable bonds is 4. The molecule has 0 unspecified atom stereocenters. The van der Waals surface area contributed by atoms with Gasteiger partial charge in [0.15, 0.2) is 0 Å². The summed E-state index contributed by atoms with van der Waals surface area (Å²) in [6.45, 7) is 1.56. The molecule has 0 aliphatic carbocycles. The molecule has 0 aliphatic rings. The summed E-state index contributed by atoms with van der Waals surface area (Å²) >= 11 is 0. The van der Waals surface area contributed by atoms with Gasteiger partial charge in [0, 0.05) is 36.6 Å². The molecule has 2 rings (SSSR count). The van der Waals surface area contributed by atoms with Gasteiger partial charge in [-0.25, -0.2) is 0 Å². The van der Waals surface area contributed by atoms with Gasteiger partial charge in [-0.15, -0.1) is 12.3 Å². The van der Waals surface area contributed by atoms with E-state index in [1.807, 2.05) is 0 Å². The minimum absolute atomic E-state index is 0.589. The van der Waals surface area contributed by atoms with Crippen LogP contribution in [-0.4, -0.2) is 4.57 Å². The lowest BCUT2D eigenvalue weighted by Gasteiger charge is -2.05. The van der Waals surface area contributed by atoms with Crippen LogP contribution in [0.5, 0.6) is 0 Å². The largest absolute Gasteiger partial charge is 0.347 e. The normalized spacial score (nSPS) is 10.5. The third-order valence-electron chi connectivity index (χ3n) is 2.84. The van der Waals surface area contributed by atoms with E-state index in [0.717, 1.165) is 19.4 Å². The number of benzene rings is 1. The Labute approximate surface area is 96.1 Å². The van der Waals surface area contributed by atoms with Crippen LogP contribution in [0, 0.1) is 12.3 Å². The van der Waals surface area contributed by atoms with Crippen molar-refractivity contribution in [1.29, 1.82) is 0 Å². The van der Waals surface area contributed by atoms with Gasteiger partial charge in [-0.1, -0.05) is 12.1 Å². The first-order valence-corrected chi connectivity index (χ1v) is 5.57. The average molecular weight is 212 g/mol. The summed E-state index contributed by atoms with van der Waals surface area (Å²) in [5.74, 6) is 2.67. The number of terminal acetylenes is 1. The van der Waals surface area contributed by atoms with Crippen molar-refractivity contribution in [2.45, 2.75) is 25.9 Å². The molecular formula is C14H16N2. The minimum atomic E-state index is 0.589. The van der Waals surface area contributed by atoms with E-state index in [4.69, 9.17) is 12.2 Å². The number of aryl methyl sites for hydroxylation is 1. The summed E-state index contributed by atoms with van der Waals surface area (Å²) in [5.41, 5.74) is 8.16. The van der Waals surface area contributed by atoms with E-state index in [1.165, 1.54) is 16.5 Å². The first kappa shape index (κ1) is 10.8. The van der Waals surface area contributed by atoms with Crippen molar-refractivity contribution in [3.8, 4) is 12.3 Å². The Kier molecular flexibility index (Phi) is 3.28. The van der Waals surface area contributed by atoms with Crippen LogP contribution in [0.2, 0.25) is 0 Å². The fourth-order valence-corrected chi connectivity index (χ4v) is 2.01. The Morgan fingerprint density at radius 3 is 2.94 bits per heavy atom. The molecule has 0 atom stereocenters. The molecule has 0 saturated carbocycles. The third-order valence-corrected chi connectivity index (χ3v) is 2.84. The number of nitrogens with two attached hydrogens (primary N) is 1. The molecule has 0 fully saturated rings. The number of nitrogens with zero attached hydrogens (tertiary/aromatic N) is 1. The number of unbranched alkanes of at least 4 members (excludes halogenated alkanes) is 1. The maximum absolute atomic E-state index is 5.71. The Morgan fingerprint density at radius 1 is 1.31 bits per heavy atom. The Balaban J connectivity index is 2.31. The molecule has 82 valence electrons. The van der Waals surface area contributed by atoms with Crippen LogP contribution in [0.3, 0.4) is 0 Å². The molecule has 0 aliphatic heterocycles. The zero-order chi connectivity index (χ0) is 11.4. The quantitative estimate of drug-likeness (QED) is 0.612. The first-order chi connectivity index (χ1) is 7.86. The van der Waals surface area contributed by atoms with Crippen LogP contribution >= 0.6 is 0 Å². The maximum atomic E-state index is 5.71. The van der Waals surface area contributed by atoms with Gasteiger partial charge in [-0.3, -0.25) is 0 Å². The molecule has 0 amide bonds. The maximum Gasteiger partial charge on any atom is 0.0483 e.